The summed E-state index contributed by atoms with van der Waals surface area (Å²) in [5.41, 5.74) is 3.76. The van der Waals surface area contributed by atoms with Crippen LogP contribution in [0.5, 0.6) is 11.5 Å². The van der Waals surface area contributed by atoms with Gasteiger partial charge in [-0.05, 0) is 87.8 Å². The van der Waals surface area contributed by atoms with Crippen LogP contribution >= 0.6 is 0 Å². The Morgan fingerprint density at radius 2 is 1.42 bits per heavy atom. The summed E-state index contributed by atoms with van der Waals surface area (Å²) >= 11 is 0. The van der Waals surface area contributed by atoms with Gasteiger partial charge in [0.25, 0.3) is 0 Å². The van der Waals surface area contributed by atoms with E-state index in [1.165, 1.54) is 58.5 Å². The molecule has 1 aliphatic rings. The second kappa shape index (κ2) is 14.9. The van der Waals surface area contributed by atoms with E-state index in [9.17, 15) is 9.59 Å². The Morgan fingerprint density at radius 1 is 0.842 bits per heavy atom. The molecule has 2 rings (SSSR count). The Labute approximate surface area is 232 Å². The third kappa shape index (κ3) is 9.61. The summed E-state index contributed by atoms with van der Waals surface area (Å²) in [5, 5.41) is 0. The normalized spacial score (nSPS) is 18.5. The first-order valence-electron chi connectivity index (χ1n) is 15.0. The van der Waals surface area contributed by atoms with Gasteiger partial charge in [-0.2, -0.15) is 0 Å². The lowest BCUT2D eigenvalue weighted by molar-refractivity contribution is -0.148. The van der Waals surface area contributed by atoms with Crippen molar-refractivity contribution in [1.29, 1.82) is 0 Å². The van der Waals surface area contributed by atoms with Gasteiger partial charge in [0.1, 0.15) is 23.5 Å². The molecule has 0 saturated heterocycles. The monoisotopic (exact) mass is 530 g/mol. The van der Waals surface area contributed by atoms with E-state index in [2.05, 4.69) is 39.4 Å². The van der Waals surface area contributed by atoms with Crippen molar-refractivity contribution in [3.63, 3.8) is 0 Å². The van der Waals surface area contributed by atoms with Gasteiger partial charge < -0.3 is 14.2 Å². The number of hydrogen-bond donors (Lipinski definition) is 0. The van der Waals surface area contributed by atoms with Crippen LogP contribution < -0.4 is 9.47 Å². The van der Waals surface area contributed by atoms with Crippen LogP contribution in [0.4, 0.5) is 0 Å². The Balaban J connectivity index is 1.88. The van der Waals surface area contributed by atoms with Gasteiger partial charge in [-0.15, -0.1) is 0 Å². The van der Waals surface area contributed by atoms with Crippen molar-refractivity contribution in [2.24, 2.45) is 17.8 Å². The minimum Gasteiger partial charge on any atom is -0.487 e. The Morgan fingerprint density at radius 3 is 2.00 bits per heavy atom. The summed E-state index contributed by atoms with van der Waals surface area (Å²) in [6.07, 6.45) is 13.1. The first-order valence-corrected chi connectivity index (χ1v) is 15.0. The number of rotatable bonds is 15. The zero-order valence-corrected chi connectivity index (χ0v) is 25.8. The molecular weight excluding hydrogens is 476 g/mol. The molecule has 3 atom stereocenters. The number of ether oxygens (including phenoxy) is 3. The van der Waals surface area contributed by atoms with Crippen LogP contribution in [0.2, 0.25) is 0 Å². The highest BCUT2D eigenvalue weighted by molar-refractivity contribution is 5.92. The maximum absolute atomic E-state index is 12.3. The van der Waals surface area contributed by atoms with Crippen molar-refractivity contribution in [1.82, 2.24) is 0 Å². The molecule has 0 aliphatic carbocycles. The van der Waals surface area contributed by atoms with E-state index >= 15 is 0 Å². The van der Waals surface area contributed by atoms with Crippen molar-refractivity contribution >= 4 is 11.9 Å². The van der Waals surface area contributed by atoms with Crippen LogP contribution in [0, 0.1) is 38.5 Å². The highest BCUT2D eigenvalue weighted by atomic mass is 16.6. The second-order valence-corrected chi connectivity index (χ2v) is 12.6. The highest BCUT2D eigenvalue weighted by Crippen LogP contribution is 2.45. The fourth-order valence-corrected chi connectivity index (χ4v) is 5.75. The highest BCUT2D eigenvalue weighted by Gasteiger charge is 2.35. The third-order valence-electron chi connectivity index (χ3n) is 8.57. The predicted octanol–water partition coefficient (Wildman–Crippen LogP) is 8.60. The van der Waals surface area contributed by atoms with Crippen LogP contribution in [0.15, 0.2) is 0 Å². The molecule has 0 radical (unpaired) electrons. The van der Waals surface area contributed by atoms with Gasteiger partial charge in [0.05, 0.1) is 7.11 Å². The average Bonchev–Trinajstić information content (AvgIpc) is 2.84. The predicted molar refractivity (Wildman–Crippen MR) is 155 cm³/mol. The average molecular weight is 531 g/mol. The van der Waals surface area contributed by atoms with Crippen LogP contribution in [0.25, 0.3) is 0 Å². The molecular formula is C33H54O5. The summed E-state index contributed by atoms with van der Waals surface area (Å²) in [6, 6.07) is 0. The van der Waals surface area contributed by atoms with Gasteiger partial charge in [0.15, 0.2) is 0 Å². The van der Waals surface area contributed by atoms with Gasteiger partial charge >= 0.3 is 11.9 Å². The number of carbonyl (C=O) groups is 2. The maximum atomic E-state index is 12.3. The first kappa shape index (κ1) is 32.2. The fraction of sp³-hybridized carbons (Fsp3) is 0.758. The number of esters is 2. The molecule has 0 N–H and O–H groups in total. The topological polar surface area (TPSA) is 61.8 Å². The quantitative estimate of drug-likeness (QED) is 0.129. The zero-order chi connectivity index (χ0) is 28.5. The number of methoxy groups -OCH3 is 1. The number of benzene rings is 1. The first-order chi connectivity index (χ1) is 17.9. The van der Waals surface area contributed by atoms with E-state index in [1.54, 1.807) is 0 Å². The van der Waals surface area contributed by atoms with Crippen LogP contribution in [0.3, 0.4) is 0 Å². The lowest BCUT2D eigenvalue weighted by atomic mass is 9.83. The fourth-order valence-electron chi connectivity index (χ4n) is 5.75. The standard InChI is InChI=1S/C33H54O5/c1-22(2)13-10-14-23(3)15-11-16-24(4)17-12-19-33(8)20-18-28-27(7)31(25(5)26(6)32(28)38-33)37-30(35)21-29(34)36-9/h22-24H,10-21H2,1-9H3/t23-,24+,33+/m0/s1. The molecule has 0 unspecified atom stereocenters. The number of carbonyl (C=O) groups excluding carboxylic acids is 2. The van der Waals surface area contributed by atoms with Crippen LogP contribution in [0.1, 0.15) is 128 Å². The van der Waals surface area contributed by atoms with E-state index in [4.69, 9.17) is 9.47 Å². The third-order valence-corrected chi connectivity index (χ3v) is 8.57. The Kier molecular flexibility index (Phi) is 12.6. The second-order valence-electron chi connectivity index (χ2n) is 12.6. The minimum atomic E-state index is -0.598. The molecule has 0 bridgehead atoms. The van der Waals surface area contributed by atoms with Gasteiger partial charge in [-0.25, -0.2) is 0 Å². The summed E-state index contributed by atoms with van der Waals surface area (Å²) in [4.78, 5) is 23.7. The van der Waals surface area contributed by atoms with Crippen LogP contribution in [-0.2, 0) is 20.7 Å². The zero-order valence-electron chi connectivity index (χ0n) is 25.8. The van der Waals surface area contributed by atoms with Gasteiger partial charge in [0, 0.05) is 5.56 Å². The van der Waals surface area contributed by atoms with Crippen molar-refractivity contribution in [2.45, 2.75) is 138 Å². The molecule has 1 heterocycles. The van der Waals surface area contributed by atoms with E-state index in [-0.39, 0.29) is 5.60 Å². The van der Waals surface area contributed by atoms with E-state index in [0.717, 1.165) is 65.0 Å². The van der Waals surface area contributed by atoms with E-state index in [0.29, 0.717) is 5.75 Å². The van der Waals surface area contributed by atoms with Gasteiger partial charge in [0.2, 0.25) is 0 Å². The molecule has 216 valence electrons. The molecule has 0 amide bonds. The summed E-state index contributed by atoms with van der Waals surface area (Å²) in [6.45, 7) is 17.7. The molecule has 0 saturated carbocycles. The smallest absolute Gasteiger partial charge is 0.322 e. The molecule has 5 heteroatoms. The van der Waals surface area contributed by atoms with Gasteiger partial charge in [-0.3, -0.25) is 9.59 Å². The van der Waals surface area contributed by atoms with Crippen molar-refractivity contribution in [3.8, 4) is 11.5 Å². The molecule has 5 nitrogen and oxygen atoms in total. The SMILES string of the molecule is COC(=O)CC(=O)Oc1c(C)c(C)c2c(c1C)CC[C@@](C)(CCC[C@H](C)CCC[C@@H](C)CCCC(C)C)O2. The number of fused-ring (bicyclic) bond motifs is 1. The van der Waals surface area contributed by atoms with Crippen molar-refractivity contribution in [3.05, 3.63) is 22.3 Å². The van der Waals surface area contributed by atoms with Gasteiger partial charge in [-0.1, -0.05) is 72.6 Å². The van der Waals surface area contributed by atoms with Crippen molar-refractivity contribution < 1.29 is 23.8 Å². The lowest BCUT2D eigenvalue weighted by Gasteiger charge is -2.38. The summed E-state index contributed by atoms with van der Waals surface area (Å²) in [7, 11) is 1.27. The Hall–Kier alpha value is -2.04. The van der Waals surface area contributed by atoms with Crippen LogP contribution in [-0.4, -0.2) is 24.6 Å². The lowest BCUT2D eigenvalue weighted by Crippen LogP contribution is -2.37. The Bertz CT molecular complexity index is 934. The summed E-state index contributed by atoms with van der Waals surface area (Å²) in [5.74, 6) is 2.72. The van der Waals surface area contributed by atoms with E-state index < -0.39 is 18.4 Å². The summed E-state index contributed by atoms with van der Waals surface area (Å²) < 4.78 is 16.9. The molecule has 0 spiro atoms. The molecule has 0 aromatic heterocycles. The van der Waals surface area contributed by atoms with E-state index in [1.807, 2.05) is 20.8 Å². The molecule has 1 aromatic rings. The molecule has 0 fully saturated rings. The maximum Gasteiger partial charge on any atom is 0.322 e. The number of hydrogen-bond acceptors (Lipinski definition) is 5. The van der Waals surface area contributed by atoms with Crippen molar-refractivity contribution in [2.75, 3.05) is 7.11 Å². The molecule has 1 aromatic carbocycles. The largest absolute Gasteiger partial charge is 0.487 e. The molecule has 1 aliphatic heterocycles. The molecule has 38 heavy (non-hydrogen) atoms. The minimum absolute atomic E-state index is 0.176.